The summed E-state index contributed by atoms with van der Waals surface area (Å²) in [7, 11) is 0. The molecule has 1 atom stereocenters. The summed E-state index contributed by atoms with van der Waals surface area (Å²) in [5.41, 5.74) is 2.62. The number of benzene rings is 2. The molecule has 0 saturated heterocycles. The van der Waals surface area contributed by atoms with E-state index >= 15 is 0 Å². The average molecular weight is 277 g/mol. The second-order valence-corrected chi connectivity index (χ2v) is 4.74. The van der Waals surface area contributed by atoms with Gasteiger partial charge >= 0.3 is 5.69 Å². The van der Waals surface area contributed by atoms with Gasteiger partial charge in [0.15, 0.2) is 0 Å². The molecule has 5 heteroatoms. The molecule has 0 aliphatic heterocycles. The Kier molecular flexibility index (Phi) is 2.87. The van der Waals surface area contributed by atoms with Gasteiger partial charge in [0.25, 0.3) is 0 Å². The molecule has 0 fully saturated rings. The molecule has 0 saturated carbocycles. The number of halogens is 2. The van der Waals surface area contributed by atoms with Crippen molar-refractivity contribution < 1.29 is 4.39 Å². The number of alkyl halides is 1. The van der Waals surface area contributed by atoms with Crippen LogP contribution in [0.5, 0.6) is 0 Å². The molecule has 2 aromatic carbocycles. The quantitative estimate of drug-likeness (QED) is 0.693. The highest BCUT2D eigenvalue weighted by Gasteiger charge is 2.12. The van der Waals surface area contributed by atoms with Gasteiger partial charge in [-0.2, -0.15) is 0 Å². The SMILES string of the molecule is O=c1[nH]c2ccc(C(Cl)c3cccc(F)c3)cc2[nH]1. The van der Waals surface area contributed by atoms with Crippen LogP contribution >= 0.6 is 11.6 Å². The van der Waals surface area contributed by atoms with Gasteiger partial charge < -0.3 is 9.97 Å². The van der Waals surface area contributed by atoms with Crippen LogP contribution in [0.3, 0.4) is 0 Å². The van der Waals surface area contributed by atoms with Crippen LogP contribution in [0.2, 0.25) is 0 Å². The lowest BCUT2D eigenvalue weighted by atomic mass is 10.0. The number of hydrogen-bond acceptors (Lipinski definition) is 1. The second-order valence-electron chi connectivity index (χ2n) is 4.30. The molecule has 3 aromatic rings. The van der Waals surface area contributed by atoms with E-state index in [1.54, 1.807) is 24.3 Å². The van der Waals surface area contributed by atoms with Crippen molar-refractivity contribution in [2.45, 2.75) is 5.38 Å². The maximum Gasteiger partial charge on any atom is 0.323 e. The lowest BCUT2D eigenvalue weighted by molar-refractivity contribution is 0.626. The fourth-order valence-electron chi connectivity index (χ4n) is 2.06. The van der Waals surface area contributed by atoms with E-state index in [2.05, 4.69) is 9.97 Å². The molecule has 19 heavy (non-hydrogen) atoms. The summed E-state index contributed by atoms with van der Waals surface area (Å²) in [4.78, 5) is 16.5. The fourth-order valence-corrected chi connectivity index (χ4v) is 2.34. The molecule has 2 N–H and O–H groups in total. The highest BCUT2D eigenvalue weighted by Crippen LogP contribution is 2.30. The Morgan fingerprint density at radius 2 is 1.74 bits per heavy atom. The zero-order valence-corrected chi connectivity index (χ0v) is 10.5. The molecule has 96 valence electrons. The number of fused-ring (bicyclic) bond motifs is 1. The molecule has 3 rings (SSSR count). The minimum atomic E-state index is -0.460. The summed E-state index contributed by atoms with van der Waals surface area (Å²) < 4.78 is 13.2. The third-order valence-corrected chi connectivity index (χ3v) is 3.48. The molecular formula is C14H10ClFN2O. The molecule has 1 aromatic heterocycles. The first-order valence-electron chi connectivity index (χ1n) is 5.75. The molecule has 1 unspecified atom stereocenters. The summed E-state index contributed by atoms with van der Waals surface area (Å²) in [5.74, 6) is -0.320. The van der Waals surface area contributed by atoms with E-state index < -0.39 is 5.38 Å². The van der Waals surface area contributed by atoms with Crippen LogP contribution in [0.25, 0.3) is 11.0 Å². The van der Waals surface area contributed by atoms with Crippen molar-refractivity contribution in [1.82, 2.24) is 9.97 Å². The van der Waals surface area contributed by atoms with Crippen LogP contribution in [0.4, 0.5) is 4.39 Å². The number of aromatic amines is 2. The van der Waals surface area contributed by atoms with Crippen molar-refractivity contribution in [2.24, 2.45) is 0 Å². The Morgan fingerprint density at radius 3 is 2.53 bits per heavy atom. The maximum absolute atomic E-state index is 13.2. The van der Waals surface area contributed by atoms with Crippen molar-refractivity contribution in [2.75, 3.05) is 0 Å². The molecular weight excluding hydrogens is 267 g/mol. The first-order valence-corrected chi connectivity index (χ1v) is 6.18. The van der Waals surface area contributed by atoms with Crippen molar-refractivity contribution in [1.29, 1.82) is 0 Å². The van der Waals surface area contributed by atoms with Gasteiger partial charge in [0, 0.05) is 0 Å². The van der Waals surface area contributed by atoms with Crippen LogP contribution in [0, 0.1) is 5.82 Å². The first kappa shape index (κ1) is 12.0. The Hall–Kier alpha value is -2.07. The standard InChI is InChI=1S/C14H10ClFN2O/c15-13(8-2-1-3-10(16)6-8)9-4-5-11-12(7-9)18-14(19)17-11/h1-7,13H,(H2,17,18,19). The average Bonchev–Trinajstić information content (AvgIpc) is 2.76. The number of hydrogen-bond donors (Lipinski definition) is 2. The van der Waals surface area contributed by atoms with E-state index in [0.29, 0.717) is 11.1 Å². The molecule has 0 aliphatic rings. The number of rotatable bonds is 2. The zero-order chi connectivity index (χ0) is 13.4. The summed E-state index contributed by atoms with van der Waals surface area (Å²) in [6.07, 6.45) is 0. The lowest BCUT2D eigenvalue weighted by Gasteiger charge is -2.10. The van der Waals surface area contributed by atoms with E-state index in [1.807, 2.05) is 6.07 Å². The Labute approximate surface area is 113 Å². The number of H-pyrrole nitrogens is 2. The highest BCUT2D eigenvalue weighted by atomic mass is 35.5. The highest BCUT2D eigenvalue weighted by molar-refractivity contribution is 6.22. The number of imidazole rings is 1. The molecule has 3 nitrogen and oxygen atoms in total. The number of aromatic nitrogens is 2. The lowest BCUT2D eigenvalue weighted by Crippen LogP contribution is -1.99. The van der Waals surface area contributed by atoms with Gasteiger partial charge in [-0.1, -0.05) is 18.2 Å². The second kappa shape index (κ2) is 4.55. The van der Waals surface area contributed by atoms with Gasteiger partial charge in [0.05, 0.1) is 16.4 Å². The minimum Gasteiger partial charge on any atom is -0.306 e. The van der Waals surface area contributed by atoms with Gasteiger partial charge in [-0.15, -0.1) is 11.6 Å². The first-order chi connectivity index (χ1) is 9.13. The molecule has 0 spiro atoms. The van der Waals surface area contributed by atoms with Crippen LogP contribution in [0.1, 0.15) is 16.5 Å². The van der Waals surface area contributed by atoms with Gasteiger partial charge in [0.2, 0.25) is 0 Å². The summed E-state index contributed by atoms with van der Waals surface area (Å²) in [5, 5.41) is -0.460. The molecule has 0 amide bonds. The summed E-state index contributed by atoms with van der Waals surface area (Å²) in [6, 6.07) is 11.5. The van der Waals surface area contributed by atoms with Gasteiger partial charge in [-0.25, -0.2) is 9.18 Å². The Morgan fingerprint density at radius 1 is 1.00 bits per heavy atom. The van der Waals surface area contributed by atoms with Gasteiger partial charge in [-0.3, -0.25) is 0 Å². The van der Waals surface area contributed by atoms with Gasteiger partial charge in [0.1, 0.15) is 5.82 Å². The van der Waals surface area contributed by atoms with Crippen molar-refractivity contribution in [3.63, 3.8) is 0 Å². The van der Waals surface area contributed by atoms with Crippen LogP contribution in [-0.4, -0.2) is 9.97 Å². The molecule has 1 heterocycles. The number of nitrogens with one attached hydrogen (secondary N) is 2. The fraction of sp³-hybridized carbons (Fsp3) is 0.0714. The van der Waals surface area contributed by atoms with E-state index in [9.17, 15) is 9.18 Å². The molecule has 0 radical (unpaired) electrons. The topological polar surface area (TPSA) is 48.6 Å². The summed E-state index contributed by atoms with van der Waals surface area (Å²) in [6.45, 7) is 0. The van der Waals surface area contributed by atoms with Gasteiger partial charge in [-0.05, 0) is 35.4 Å². The minimum absolute atomic E-state index is 0.260. The van der Waals surface area contributed by atoms with E-state index in [4.69, 9.17) is 11.6 Å². The predicted octanol–water partition coefficient (Wildman–Crippen LogP) is 3.32. The van der Waals surface area contributed by atoms with E-state index in [-0.39, 0.29) is 11.5 Å². The van der Waals surface area contributed by atoms with Crippen LogP contribution in [-0.2, 0) is 0 Å². The Balaban J connectivity index is 2.05. The predicted molar refractivity (Wildman–Crippen MR) is 73.0 cm³/mol. The zero-order valence-electron chi connectivity index (χ0n) is 9.78. The monoisotopic (exact) mass is 276 g/mol. The normalized spacial score (nSPS) is 12.7. The van der Waals surface area contributed by atoms with E-state index in [0.717, 1.165) is 11.1 Å². The molecule has 0 aliphatic carbocycles. The van der Waals surface area contributed by atoms with Crippen LogP contribution in [0.15, 0.2) is 47.3 Å². The van der Waals surface area contributed by atoms with Crippen molar-refractivity contribution >= 4 is 22.6 Å². The maximum atomic E-state index is 13.2. The van der Waals surface area contributed by atoms with Crippen molar-refractivity contribution in [3.8, 4) is 0 Å². The summed E-state index contributed by atoms with van der Waals surface area (Å²) >= 11 is 6.34. The van der Waals surface area contributed by atoms with Crippen LogP contribution < -0.4 is 5.69 Å². The third kappa shape index (κ3) is 2.27. The smallest absolute Gasteiger partial charge is 0.306 e. The molecule has 0 bridgehead atoms. The largest absolute Gasteiger partial charge is 0.323 e. The van der Waals surface area contributed by atoms with Crippen molar-refractivity contribution in [3.05, 3.63) is 69.9 Å². The van der Waals surface area contributed by atoms with E-state index in [1.165, 1.54) is 12.1 Å². The Bertz CT molecular complexity index is 793. The third-order valence-electron chi connectivity index (χ3n) is 2.97.